The molecule has 67 heavy (non-hydrogen) atoms. The van der Waals surface area contributed by atoms with Crippen LogP contribution >= 0.6 is 0 Å². The first kappa shape index (κ1) is 37.9. The van der Waals surface area contributed by atoms with Crippen molar-refractivity contribution in [1.82, 2.24) is 0 Å². The normalized spacial score (nSPS) is 14.1. The SMILES string of the molecule is CC1(C)c2ccccc2-c2ccc(N(c3ccc4c(c3)C(c3ccccc3)(c3ccccc3)c3ccccc3-4)c3ccc4c(c3)oc3cc5c(cc34)oc3ccc(-c4ccccc4)cc35)cc21. The fraction of sp³-hybridized carbons (Fsp3) is 0.0625. The zero-order chi connectivity index (χ0) is 44.4. The number of nitrogens with zero attached hydrogens (tertiary/aromatic N) is 1. The molecule has 2 aliphatic rings. The fourth-order valence-corrected chi connectivity index (χ4v) is 11.8. The third kappa shape index (κ3) is 5.40. The fourth-order valence-electron chi connectivity index (χ4n) is 11.8. The Kier molecular flexibility index (Phi) is 7.95. The summed E-state index contributed by atoms with van der Waals surface area (Å²) in [6, 6.07) is 82.1. The maximum absolute atomic E-state index is 6.90. The summed E-state index contributed by atoms with van der Waals surface area (Å²) in [5.74, 6) is 0. The van der Waals surface area contributed by atoms with E-state index in [0.717, 1.165) is 66.5 Å². The summed E-state index contributed by atoms with van der Waals surface area (Å²) in [5.41, 5.74) is 21.0. The van der Waals surface area contributed by atoms with E-state index in [1.54, 1.807) is 0 Å². The number of rotatable bonds is 6. The van der Waals surface area contributed by atoms with Crippen LogP contribution in [0, 0.1) is 0 Å². The van der Waals surface area contributed by atoms with Crippen LogP contribution in [0.4, 0.5) is 17.1 Å². The van der Waals surface area contributed by atoms with Gasteiger partial charge in [0.15, 0.2) is 0 Å². The van der Waals surface area contributed by atoms with Gasteiger partial charge in [0, 0.05) is 50.1 Å². The highest BCUT2D eigenvalue weighted by Crippen LogP contribution is 2.58. The molecule has 2 aliphatic carbocycles. The van der Waals surface area contributed by atoms with Gasteiger partial charge in [-0.15, -0.1) is 0 Å². The third-order valence-corrected chi connectivity index (χ3v) is 14.9. The van der Waals surface area contributed by atoms with Crippen molar-refractivity contribution in [2.45, 2.75) is 24.7 Å². The van der Waals surface area contributed by atoms with E-state index in [-0.39, 0.29) is 5.41 Å². The summed E-state index contributed by atoms with van der Waals surface area (Å²) in [6.07, 6.45) is 0. The van der Waals surface area contributed by atoms with Gasteiger partial charge in [-0.05, 0) is 127 Å². The van der Waals surface area contributed by atoms with Crippen molar-refractivity contribution in [2.75, 3.05) is 4.90 Å². The van der Waals surface area contributed by atoms with Gasteiger partial charge in [-0.25, -0.2) is 0 Å². The first-order valence-electron chi connectivity index (χ1n) is 23.2. The highest BCUT2D eigenvalue weighted by molar-refractivity contribution is 6.15. The van der Waals surface area contributed by atoms with Crippen molar-refractivity contribution in [3.8, 4) is 33.4 Å². The lowest BCUT2D eigenvalue weighted by atomic mass is 9.67. The van der Waals surface area contributed by atoms with Crippen LogP contribution in [0.15, 0.2) is 233 Å². The second-order valence-corrected chi connectivity index (χ2v) is 18.8. The Morgan fingerprint density at radius 1 is 0.313 bits per heavy atom. The van der Waals surface area contributed by atoms with Crippen LogP contribution in [0.3, 0.4) is 0 Å². The molecular formula is C64H43NO2. The van der Waals surface area contributed by atoms with Crippen LogP contribution in [0.5, 0.6) is 0 Å². The van der Waals surface area contributed by atoms with E-state index in [0.29, 0.717) is 0 Å². The van der Waals surface area contributed by atoms with Gasteiger partial charge in [0.25, 0.3) is 0 Å². The van der Waals surface area contributed by atoms with E-state index in [9.17, 15) is 0 Å². The largest absolute Gasteiger partial charge is 0.456 e. The molecule has 0 aliphatic heterocycles. The topological polar surface area (TPSA) is 29.5 Å². The highest BCUT2D eigenvalue weighted by atomic mass is 16.3. The molecule has 0 amide bonds. The first-order chi connectivity index (χ1) is 32.9. The summed E-state index contributed by atoms with van der Waals surface area (Å²) in [7, 11) is 0. The number of fused-ring (bicyclic) bond motifs is 12. The summed E-state index contributed by atoms with van der Waals surface area (Å²) >= 11 is 0. The molecule has 3 heteroatoms. The summed E-state index contributed by atoms with van der Waals surface area (Å²) < 4.78 is 13.4. The molecule has 10 aromatic carbocycles. The quantitative estimate of drug-likeness (QED) is 0.167. The molecule has 0 atom stereocenters. The molecular weight excluding hydrogens is 815 g/mol. The summed E-state index contributed by atoms with van der Waals surface area (Å²) in [4.78, 5) is 2.43. The molecule has 0 spiro atoms. The van der Waals surface area contributed by atoms with E-state index in [1.807, 2.05) is 0 Å². The Balaban J connectivity index is 0.983. The minimum Gasteiger partial charge on any atom is -0.456 e. The zero-order valence-electron chi connectivity index (χ0n) is 37.1. The van der Waals surface area contributed by atoms with E-state index >= 15 is 0 Å². The average Bonchev–Trinajstić information content (AvgIpc) is 4.08. The lowest BCUT2D eigenvalue weighted by Gasteiger charge is -2.35. The second kappa shape index (κ2) is 14.1. The van der Waals surface area contributed by atoms with Gasteiger partial charge >= 0.3 is 0 Å². The lowest BCUT2D eigenvalue weighted by Crippen LogP contribution is -2.28. The van der Waals surface area contributed by atoms with E-state index in [2.05, 4.69) is 243 Å². The number of furan rings is 2. The predicted molar refractivity (Wildman–Crippen MR) is 276 cm³/mol. The maximum Gasteiger partial charge on any atom is 0.137 e. The van der Waals surface area contributed by atoms with Crippen LogP contribution in [0.25, 0.3) is 77.3 Å². The van der Waals surface area contributed by atoms with Crippen LogP contribution < -0.4 is 4.90 Å². The average molecular weight is 858 g/mol. The molecule has 0 unspecified atom stereocenters. The molecule has 0 fully saturated rings. The minimum atomic E-state index is -0.538. The lowest BCUT2D eigenvalue weighted by molar-refractivity contribution is 0.660. The number of benzene rings is 10. The molecule has 2 aromatic heterocycles. The van der Waals surface area contributed by atoms with Crippen LogP contribution in [-0.2, 0) is 10.8 Å². The molecule has 0 radical (unpaired) electrons. The van der Waals surface area contributed by atoms with Crippen molar-refractivity contribution in [1.29, 1.82) is 0 Å². The highest BCUT2D eigenvalue weighted by Gasteiger charge is 2.46. The molecule has 0 N–H and O–H groups in total. The second-order valence-electron chi connectivity index (χ2n) is 18.8. The summed E-state index contributed by atoms with van der Waals surface area (Å²) in [5, 5.41) is 4.20. The van der Waals surface area contributed by atoms with Crippen molar-refractivity contribution in [3.63, 3.8) is 0 Å². The van der Waals surface area contributed by atoms with Crippen molar-refractivity contribution >= 4 is 60.9 Å². The number of hydrogen-bond acceptors (Lipinski definition) is 3. The van der Waals surface area contributed by atoms with E-state index in [4.69, 9.17) is 8.83 Å². The Morgan fingerprint density at radius 3 is 1.48 bits per heavy atom. The van der Waals surface area contributed by atoms with Crippen molar-refractivity contribution in [2.24, 2.45) is 0 Å². The summed E-state index contributed by atoms with van der Waals surface area (Å²) in [6.45, 7) is 4.71. The van der Waals surface area contributed by atoms with Crippen molar-refractivity contribution < 1.29 is 8.83 Å². The molecule has 316 valence electrons. The van der Waals surface area contributed by atoms with Crippen LogP contribution in [0.1, 0.15) is 47.2 Å². The third-order valence-electron chi connectivity index (χ3n) is 14.9. The van der Waals surface area contributed by atoms with Gasteiger partial charge in [-0.1, -0.05) is 172 Å². The predicted octanol–water partition coefficient (Wildman–Crippen LogP) is 17.3. The number of anilines is 3. The van der Waals surface area contributed by atoms with Crippen LogP contribution in [0.2, 0.25) is 0 Å². The van der Waals surface area contributed by atoms with Crippen LogP contribution in [-0.4, -0.2) is 0 Å². The smallest absolute Gasteiger partial charge is 0.137 e. The van der Waals surface area contributed by atoms with Gasteiger partial charge in [0.2, 0.25) is 0 Å². The van der Waals surface area contributed by atoms with Crippen molar-refractivity contribution in [3.05, 3.63) is 258 Å². The molecule has 0 bridgehead atoms. The maximum atomic E-state index is 6.90. The Morgan fingerprint density at radius 2 is 0.791 bits per heavy atom. The monoisotopic (exact) mass is 857 g/mol. The Bertz CT molecular complexity index is 3910. The van der Waals surface area contributed by atoms with Gasteiger partial charge in [0.1, 0.15) is 22.3 Å². The minimum absolute atomic E-state index is 0.172. The standard InChI is InChI=1S/C64H43NO2/c1-63(2)55-24-14-12-22-47(55)49-30-27-44(35-57(49)63)65(45-28-31-50-48-23-13-15-25-56(48)64(58(50)36-45,42-18-8-4-9-19-42)43-20-10-5-11-21-43)46-29-32-51-53-38-62-54(39-61(53)67-60(51)37-46)52-34-41(26-33-59(52)66-62)40-16-6-3-7-17-40/h3-39H,1-2H3. The van der Waals surface area contributed by atoms with Gasteiger partial charge in [-0.3, -0.25) is 0 Å². The molecule has 0 saturated carbocycles. The van der Waals surface area contributed by atoms with Gasteiger partial charge in [-0.2, -0.15) is 0 Å². The molecule has 12 aromatic rings. The van der Waals surface area contributed by atoms with Gasteiger partial charge < -0.3 is 13.7 Å². The first-order valence-corrected chi connectivity index (χ1v) is 23.2. The Labute approximate surface area is 388 Å². The van der Waals surface area contributed by atoms with E-state index < -0.39 is 5.41 Å². The van der Waals surface area contributed by atoms with E-state index in [1.165, 1.54) is 61.2 Å². The van der Waals surface area contributed by atoms with Gasteiger partial charge in [0.05, 0.1) is 5.41 Å². The molecule has 0 saturated heterocycles. The Hall–Kier alpha value is -8.40. The molecule has 2 heterocycles. The number of hydrogen-bond donors (Lipinski definition) is 0. The zero-order valence-corrected chi connectivity index (χ0v) is 37.1. The molecule has 14 rings (SSSR count). The molecule has 3 nitrogen and oxygen atoms in total.